The van der Waals surface area contributed by atoms with Crippen LogP contribution in [0.3, 0.4) is 0 Å². The minimum Gasteiger partial charge on any atom is -0.355 e. The van der Waals surface area contributed by atoms with Crippen LogP contribution in [0.15, 0.2) is 58.4 Å². The first-order valence-corrected chi connectivity index (χ1v) is 13.6. The van der Waals surface area contributed by atoms with Crippen LogP contribution in [0.4, 0.5) is 5.82 Å². The Kier molecular flexibility index (Phi) is 6.99. The highest BCUT2D eigenvalue weighted by atomic mass is 32.2. The van der Waals surface area contributed by atoms with Crippen molar-refractivity contribution in [2.45, 2.75) is 33.6 Å². The van der Waals surface area contributed by atoms with Gasteiger partial charge in [0.05, 0.1) is 10.5 Å². The average molecular weight is 519 g/mol. The van der Waals surface area contributed by atoms with Crippen LogP contribution in [0.2, 0.25) is 0 Å². The van der Waals surface area contributed by atoms with Gasteiger partial charge in [0, 0.05) is 25.8 Å². The minimum absolute atomic E-state index is 0.152. The lowest BCUT2D eigenvalue weighted by atomic mass is 9.91. The lowest BCUT2D eigenvalue weighted by Crippen LogP contribution is -2.40. The monoisotopic (exact) mass is 518 g/mol. The highest BCUT2D eigenvalue weighted by Crippen LogP contribution is 2.34. The number of rotatable bonds is 5. The van der Waals surface area contributed by atoms with E-state index in [0.29, 0.717) is 44.6 Å². The molecule has 4 heterocycles. The molecule has 2 fully saturated rings. The van der Waals surface area contributed by atoms with Crippen LogP contribution >= 0.6 is 24.0 Å². The standard InChI is InChI=1S/C28H30N4O2S2/c1-18-9-10-24-29-25(30-15-19(2)13-20(3)16-30)22(26(33)32(24)17-18)14-23-27(34)31(28(35)36-23)12-11-21-7-5-4-6-8-21/h4-10,14,17,19-20H,11-13,15-16H2,1-3H3/b23-14+/t19-,20-/m0/s1. The maximum atomic E-state index is 13.8. The Morgan fingerprint density at radius 2 is 1.81 bits per heavy atom. The molecule has 8 heteroatoms. The number of aromatic nitrogens is 2. The lowest BCUT2D eigenvalue weighted by molar-refractivity contribution is -0.122. The van der Waals surface area contributed by atoms with Crippen LogP contribution in [-0.4, -0.2) is 44.1 Å². The molecule has 0 spiro atoms. The van der Waals surface area contributed by atoms with E-state index in [2.05, 4.69) is 18.7 Å². The third kappa shape index (κ3) is 4.97. The van der Waals surface area contributed by atoms with E-state index in [1.165, 1.54) is 11.8 Å². The molecule has 2 atom stereocenters. The van der Waals surface area contributed by atoms with Crippen LogP contribution in [0, 0.1) is 18.8 Å². The first-order valence-electron chi connectivity index (χ1n) is 12.4. The fourth-order valence-electron chi connectivity index (χ4n) is 5.16. The lowest BCUT2D eigenvalue weighted by Gasteiger charge is -2.36. The maximum absolute atomic E-state index is 13.8. The van der Waals surface area contributed by atoms with Crippen molar-refractivity contribution in [1.29, 1.82) is 0 Å². The Bertz CT molecular complexity index is 1410. The second kappa shape index (κ2) is 10.2. The zero-order valence-corrected chi connectivity index (χ0v) is 22.4. The third-order valence-corrected chi connectivity index (χ3v) is 8.15. The summed E-state index contributed by atoms with van der Waals surface area (Å²) in [5.41, 5.74) is 3.01. The normalized spacial score (nSPS) is 21.7. The Morgan fingerprint density at radius 3 is 2.53 bits per heavy atom. The van der Waals surface area contributed by atoms with Gasteiger partial charge in [-0.15, -0.1) is 0 Å². The molecule has 36 heavy (non-hydrogen) atoms. The van der Waals surface area contributed by atoms with Gasteiger partial charge in [-0.2, -0.15) is 0 Å². The Hall–Kier alpha value is -2.97. The molecule has 0 radical (unpaired) electrons. The van der Waals surface area contributed by atoms with Gasteiger partial charge in [0.1, 0.15) is 15.8 Å². The van der Waals surface area contributed by atoms with Crippen LogP contribution < -0.4 is 10.5 Å². The SMILES string of the molecule is Cc1ccc2nc(N3C[C@@H](C)C[C@H](C)C3)c(/C=C3/SC(=S)N(CCc4ccccc4)C3=O)c(=O)n2c1. The first kappa shape index (κ1) is 24.7. The van der Waals surface area contributed by atoms with Gasteiger partial charge in [0.25, 0.3) is 11.5 Å². The van der Waals surface area contributed by atoms with Crippen molar-refractivity contribution in [3.8, 4) is 0 Å². The van der Waals surface area contributed by atoms with E-state index in [9.17, 15) is 9.59 Å². The number of hydrogen-bond donors (Lipinski definition) is 0. The Morgan fingerprint density at radius 1 is 1.08 bits per heavy atom. The number of fused-ring (bicyclic) bond motifs is 1. The summed E-state index contributed by atoms with van der Waals surface area (Å²) in [7, 11) is 0. The number of thiocarbonyl (C=S) groups is 1. The van der Waals surface area contributed by atoms with E-state index in [-0.39, 0.29) is 11.5 Å². The zero-order chi connectivity index (χ0) is 25.4. The number of nitrogens with zero attached hydrogens (tertiary/aromatic N) is 4. The second-order valence-electron chi connectivity index (χ2n) is 10.0. The maximum Gasteiger partial charge on any atom is 0.267 e. The molecule has 2 aliphatic heterocycles. The Balaban J connectivity index is 1.53. The number of piperidine rings is 1. The number of carbonyl (C=O) groups is 1. The van der Waals surface area contributed by atoms with Gasteiger partial charge in [0.2, 0.25) is 0 Å². The summed E-state index contributed by atoms with van der Waals surface area (Å²) in [6.45, 7) is 8.59. The molecule has 3 aromatic rings. The quantitative estimate of drug-likeness (QED) is 0.353. The van der Waals surface area contributed by atoms with E-state index < -0.39 is 0 Å². The van der Waals surface area contributed by atoms with E-state index in [0.717, 1.165) is 37.1 Å². The van der Waals surface area contributed by atoms with Gasteiger partial charge in [-0.3, -0.25) is 18.9 Å². The summed E-state index contributed by atoms with van der Waals surface area (Å²) in [5.74, 6) is 1.49. The van der Waals surface area contributed by atoms with E-state index in [4.69, 9.17) is 17.2 Å². The van der Waals surface area contributed by atoms with E-state index in [1.54, 1.807) is 21.6 Å². The van der Waals surface area contributed by atoms with Crippen molar-refractivity contribution in [3.63, 3.8) is 0 Å². The fraction of sp³-hybridized carbons (Fsp3) is 0.357. The predicted molar refractivity (Wildman–Crippen MR) is 151 cm³/mol. The molecule has 0 bridgehead atoms. The minimum atomic E-state index is -0.167. The van der Waals surface area contributed by atoms with Gasteiger partial charge in [0.15, 0.2) is 0 Å². The summed E-state index contributed by atoms with van der Waals surface area (Å²) in [5, 5.41) is 0. The largest absolute Gasteiger partial charge is 0.355 e. The highest BCUT2D eigenvalue weighted by molar-refractivity contribution is 8.26. The number of benzene rings is 1. The van der Waals surface area contributed by atoms with Crippen molar-refractivity contribution in [3.05, 3.63) is 80.6 Å². The van der Waals surface area contributed by atoms with Crippen molar-refractivity contribution in [2.75, 3.05) is 24.5 Å². The molecular weight excluding hydrogens is 488 g/mol. The molecule has 1 amide bonds. The van der Waals surface area contributed by atoms with Crippen LogP contribution in [0.25, 0.3) is 11.7 Å². The van der Waals surface area contributed by atoms with E-state index in [1.807, 2.05) is 49.4 Å². The summed E-state index contributed by atoms with van der Waals surface area (Å²) < 4.78 is 2.10. The molecule has 0 saturated carbocycles. The molecule has 1 aromatic carbocycles. The molecule has 2 aliphatic rings. The molecule has 0 unspecified atom stereocenters. The molecule has 0 N–H and O–H groups in total. The van der Waals surface area contributed by atoms with Crippen molar-refractivity contribution < 1.29 is 4.79 Å². The van der Waals surface area contributed by atoms with Gasteiger partial charge >= 0.3 is 0 Å². The third-order valence-electron chi connectivity index (χ3n) is 6.77. The average Bonchev–Trinajstić information content (AvgIpc) is 3.11. The number of anilines is 1. The molecule has 2 aromatic heterocycles. The summed E-state index contributed by atoms with van der Waals surface area (Å²) in [6.07, 6.45) is 5.38. The molecule has 2 saturated heterocycles. The topological polar surface area (TPSA) is 57.9 Å². The number of amides is 1. The van der Waals surface area contributed by atoms with Crippen molar-refractivity contribution in [2.24, 2.45) is 11.8 Å². The molecule has 186 valence electrons. The van der Waals surface area contributed by atoms with Crippen molar-refractivity contribution in [1.82, 2.24) is 14.3 Å². The molecule has 6 nitrogen and oxygen atoms in total. The van der Waals surface area contributed by atoms with Gasteiger partial charge in [-0.05, 0) is 54.9 Å². The number of thioether (sulfide) groups is 1. The van der Waals surface area contributed by atoms with Gasteiger partial charge in [-0.25, -0.2) is 4.98 Å². The predicted octanol–water partition coefficient (Wildman–Crippen LogP) is 4.93. The molecular formula is C28H30N4O2S2. The summed E-state index contributed by atoms with van der Waals surface area (Å²) >= 11 is 6.82. The number of hydrogen-bond acceptors (Lipinski definition) is 6. The number of carbonyl (C=O) groups excluding carboxylic acids is 1. The summed E-state index contributed by atoms with van der Waals surface area (Å²) in [6, 6.07) is 13.9. The fourth-order valence-corrected chi connectivity index (χ4v) is 6.45. The number of aryl methyl sites for hydroxylation is 1. The van der Waals surface area contributed by atoms with Crippen LogP contribution in [0.5, 0.6) is 0 Å². The second-order valence-corrected chi connectivity index (χ2v) is 11.7. The van der Waals surface area contributed by atoms with Crippen molar-refractivity contribution >= 4 is 51.7 Å². The smallest absolute Gasteiger partial charge is 0.267 e. The Labute approximate surface area is 221 Å². The zero-order valence-electron chi connectivity index (χ0n) is 20.8. The van der Waals surface area contributed by atoms with Gasteiger partial charge in [-0.1, -0.05) is 74.2 Å². The number of pyridine rings is 1. The molecule has 5 rings (SSSR count). The highest BCUT2D eigenvalue weighted by Gasteiger charge is 2.33. The summed E-state index contributed by atoms with van der Waals surface area (Å²) in [4.78, 5) is 36.4. The first-order chi connectivity index (χ1) is 17.3. The van der Waals surface area contributed by atoms with Crippen LogP contribution in [-0.2, 0) is 11.2 Å². The van der Waals surface area contributed by atoms with Crippen LogP contribution in [0.1, 0.15) is 37.0 Å². The van der Waals surface area contributed by atoms with Gasteiger partial charge < -0.3 is 4.90 Å². The van der Waals surface area contributed by atoms with E-state index >= 15 is 0 Å². The molecule has 0 aliphatic carbocycles.